The number of aryl methyl sites for hydroxylation is 2. The van der Waals surface area contributed by atoms with Crippen molar-refractivity contribution in [3.8, 4) is 0 Å². The maximum atomic E-state index is 13.9. The van der Waals surface area contributed by atoms with Crippen molar-refractivity contribution in [3.63, 3.8) is 0 Å². The van der Waals surface area contributed by atoms with Crippen LogP contribution in [0.4, 0.5) is 4.39 Å². The van der Waals surface area contributed by atoms with Crippen molar-refractivity contribution in [3.05, 3.63) is 63.1 Å². The molecule has 8 heteroatoms. The van der Waals surface area contributed by atoms with Gasteiger partial charge in [-0.25, -0.2) is 17.8 Å². The van der Waals surface area contributed by atoms with E-state index in [9.17, 15) is 17.6 Å². The van der Waals surface area contributed by atoms with Gasteiger partial charge in [-0.3, -0.25) is 4.79 Å². The SMILES string of the molecule is Cc1ccc(CS(=O)(=O)N2CCc3c(ncn(C)c3=O)C2)c(F)c1. The fraction of sp³-hybridized carbons (Fsp3) is 0.375. The van der Waals surface area contributed by atoms with Crippen molar-refractivity contribution < 1.29 is 12.8 Å². The van der Waals surface area contributed by atoms with Crippen LogP contribution in [0.3, 0.4) is 0 Å². The van der Waals surface area contributed by atoms with E-state index in [1.165, 1.54) is 27.3 Å². The number of fused-ring (bicyclic) bond motifs is 1. The highest BCUT2D eigenvalue weighted by Crippen LogP contribution is 2.21. The van der Waals surface area contributed by atoms with E-state index in [1.807, 2.05) is 0 Å². The van der Waals surface area contributed by atoms with E-state index in [4.69, 9.17) is 0 Å². The molecule has 6 nitrogen and oxygen atoms in total. The van der Waals surface area contributed by atoms with Gasteiger partial charge in [0.15, 0.2) is 0 Å². The van der Waals surface area contributed by atoms with E-state index in [0.29, 0.717) is 17.7 Å². The average Bonchev–Trinajstić information content (AvgIpc) is 2.53. The average molecular weight is 351 g/mol. The van der Waals surface area contributed by atoms with Crippen molar-refractivity contribution in [2.45, 2.75) is 25.6 Å². The first-order valence-electron chi connectivity index (χ1n) is 7.54. The van der Waals surface area contributed by atoms with Crippen LogP contribution in [0, 0.1) is 12.7 Å². The number of halogens is 1. The third-order valence-corrected chi connectivity index (χ3v) is 5.97. The summed E-state index contributed by atoms with van der Waals surface area (Å²) in [5.41, 5.74) is 1.75. The first-order valence-corrected chi connectivity index (χ1v) is 9.15. The van der Waals surface area contributed by atoms with Crippen LogP contribution in [-0.4, -0.2) is 28.8 Å². The van der Waals surface area contributed by atoms with Crippen molar-refractivity contribution >= 4 is 10.0 Å². The molecule has 0 fully saturated rings. The molecule has 1 aromatic carbocycles. The summed E-state index contributed by atoms with van der Waals surface area (Å²) >= 11 is 0. The lowest BCUT2D eigenvalue weighted by molar-refractivity contribution is 0.381. The summed E-state index contributed by atoms with van der Waals surface area (Å²) in [6.07, 6.45) is 1.70. The number of hydrogen-bond acceptors (Lipinski definition) is 4. The van der Waals surface area contributed by atoms with E-state index >= 15 is 0 Å². The molecular formula is C16H18FN3O3S. The molecule has 0 radical (unpaired) electrons. The smallest absolute Gasteiger partial charge is 0.256 e. The number of aromatic nitrogens is 2. The molecular weight excluding hydrogens is 333 g/mol. The number of benzene rings is 1. The Labute approximate surface area is 139 Å². The van der Waals surface area contributed by atoms with Gasteiger partial charge in [0.25, 0.3) is 5.56 Å². The molecule has 2 aromatic rings. The topological polar surface area (TPSA) is 72.3 Å². The molecule has 0 spiro atoms. The minimum Gasteiger partial charge on any atom is -0.302 e. The molecule has 0 saturated carbocycles. The highest BCUT2D eigenvalue weighted by molar-refractivity contribution is 7.88. The first kappa shape index (κ1) is 16.8. The Hall–Kier alpha value is -2.06. The van der Waals surface area contributed by atoms with Crippen LogP contribution in [0.5, 0.6) is 0 Å². The van der Waals surface area contributed by atoms with Crippen molar-refractivity contribution in [1.82, 2.24) is 13.9 Å². The Morgan fingerprint density at radius 2 is 2.08 bits per heavy atom. The van der Waals surface area contributed by atoms with Gasteiger partial charge in [-0.05, 0) is 25.0 Å². The van der Waals surface area contributed by atoms with Crippen LogP contribution in [0.2, 0.25) is 0 Å². The third kappa shape index (κ3) is 3.11. The van der Waals surface area contributed by atoms with Crippen LogP contribution >= 0.6 is 0 Å². The Kier molecular flexibility index (Phi) is 4.27. The predicted molar refractivity (Wildman–Crippen MR) is 87.4 cm³/mol. The second-order valence-corrected chi connectivity index (χ2v) is 7.99. The minimum atomic E-state index is -3.69. The van der Waals surface area contributed by atoms with Crippen LogP contribution in [-0.2, 0) is 35.8 Å². The summed E-state index contributed by atoms with van der Waals surface area (Å²) < 4.78 is 41.8. The zero-order valence-electron chi connectivity index (χ0n) is 13.5. The molecule has 0 N–H and O–H groups in total. The highest BCUT2D eigenvalue weighted by Gasteiger charge is 2.29. The highest BCUT2D eigenvalue weighted by atomic mass is 32.2. The largest absolute Gasteiger partial charge is 0.302 e. The van der Waals surface area contributed by atoms with Crippen molar-refractivity contribution in [2.75, 3.05) is 6.54 Å². The third-order valence-electron chi connectivity index (χ3n) is 4.19. The van der Waals surface area contributed by atoms with E-state index in [2.05, 4.69) is 4.98 Å². The summed E-state index contributed by atoms with van der Waals surface area (Å²) in [5.74, 6) is -0.929. The van der Waals surface area contributed by atoms with E-state index in [1.54, 1.807) is 20.0 Å². The molecule has 0 bridgehead atoms. The molecule has 1 aromatic heterocycles. The Balaban J connectivity index is 1.86. The van der Waals surface area contributed by atoms with Crippen LogP contribution in [0.15, 0.2) is 29.3 Å². The molecule has 1 aliphatic rings. The fourth-order valence-corrected chi connectivity index (χ4v) is 4.29. The second kappa shape index (κ2) is 6.10. The molecule has 24 heavy (non-hydrogen) atoms. The number of nitrogens with zero attached hydrogens (tertiary/aromatic N) is 3. The zero-order chi connectivity index (χ0) is 17.5. The van der Waals surface area contributed by atoms with Gasteiger partial charge in [-0.1, -0.05) is 12.1 Å². The molecule has 0 amide bonds. The Bertz CT molecular complexity index is 954. The summed E-state index contributed by atoms with van der Waals surface area (Å²) in [6.45, 7) is 1.99. The van der Waals surface area contributed by atoms with Crippen LogP contribution < -0.4 is 5.56 Å². The maximum absolute atomic E-state index is 13.9. The molecule has 0 atom stereocenters. The number of rotatable bonds is 3. The van der Waals surface area contributed by atoms with Gasteiger partial charge in [0.2, 0.25) is 10.0 Å². The van der Waals surface area contributed by atoms with E-state index in [-0.39, 0.29) is 24.2 Å². The number of sulfonamides is 1. The predicted octanol–water partition coefficient (Wildman–Crippen LogP) is 1.12. The lowest BCUT2D eigenvalue weighted by atomic mass is 10.1. The summed E-state index contributed by atoms with van der Waals surface area (Å²) in [4.78, 5) is 16.2. The summed E-state index contributed by atoms with van der Waals surface area (Å²) in [6, 6.07) is 4.50. The van der Waals surface area contributed by atoms with Gasteiger partial charge in [0, 0.05) is 24.7 Å². The standard InChI is InChI=1S/C16H18FN3O3S/c1-11-3-4-12(14(17)7-11)9-24(22,23)20-6-5-13-15(8-20)18-10-19(2)16(13)21/h3-4,7,10H,5-6,8-9H2,1-2H3. The molecule has 2 heterocycles. The van der Waals surface area contributed by atoms with Crippen LogP contribution in [0.25, 0.3) is 0 Å². The minimum absolute atomic E-state index is 0.0429. The van der Waals surface area contributed by atoms with Crippen molar-refractivity contribution in [1.29, 1.82) is 0 Å². The number of hydrogen-bond donors (Lipinski definition) is 0. The maximum Gasteiger partial charge on any atom is 0.256 e. The lowest BCUT2D eigenvalue weighted by Gasteiger charge is -2.27. The van der Waals surface area contributed by atoms with E-state index in [0.717, 1.165) is 5.56 Å². The molecule has 0 aliphatic carbocycles. The Morgan fingerprint density at radius 3 is 2.79 bits per heavy atom. The molecule has 3 rings (SSSR count). The van der Waals surface area contributed by atoms with Gasteiger partial charge < -0.3 is 4.57 Å². The van der Waals surface area contributed by atoms with Gasteiger partial charge in [-0.2, -0.15) is 4.31 Å². The molecule has 0 saturated heterocycles. The first-order chi connectivity index (χ1) is 11.3. The monoisotopic (exact) mass is 351 g/mol. The van der Waals surface area contributed by atoms with Gasteiger partial charge in [0.05, 0.1) is 24.3 Å². The second-order valence-electron chi connectivity index (χ2n) is 6.02. The molecule has 128 valence electrons. The normalized spacial score (nSPS) is 15.3. The fourth-order valence-electron chi connectivity index (χ4n) is 2.79. The molecule has 1 aliphatic heterocycles. The summed E-state index contributed by atoms with van der Waals surface area (Å²) in [7, 11) is -2.08. The van der Waals surface area contributed by atoms with E-state index < -0.39 is 21.6 Å². The van der Waals surface area contributed by atoms with Crippen LogP contribution in [0.1, 0.15) is 22.4 Å². The van der Waals surface area contributed by atoms with Gasteiger partial charge in [0.1, 0.15) is 5.82 Å². The van der Waals surface area contributed by atoms with Gasteiger partial charge >= 0.3 is 0 Å². The van der Waals surface area contributed by atoms with Gasteiger partial charge in [-0.15, -0.1) is 0 Å². The quantitative estimate of drug-likeness (QED) is 0.831. The zero-order valence-corrected chi connectivity index (χ0v) is 14.3. The Morgan fingerprint density at radius 1 is 1.33 bits per heavy atom. The summed E-state index contributed by atoms with van der Waals surface area (Å²) in [5, 5.41) is 0. The molecule has 0 unspecified atom stereocenters. The lowest BCUT2D eigenvalue weighted by Crippen LogP contribution is -2.40. The van der Waals surface area contributed by atoms with Crippen molar-refractivity contribution in [2.24, 2.45) is 7.05 Å².